The van der Waals surface area contributed by atoms with Crippen molar-refractivity contribution >= 4 is 11.9 Å². The third kappa shape index (κ3) is 46.6. The lowest BCUT2D eigenvalue weighted by Crippen LogP contribution is -1.99. The van der Waals surface area contributed by atoms with Gasteiger partial charge in [0.15, 0.2) is 0 Å². The van der Waals surface area contributed by atoms with Crippen molar-refractivity contribution in [3.05, 3.63) is 24.7 Å². The minimum atomic E-state index is -0.121. The second-order valence-corrected chi connectivity index (χ2v) is 16.5. The molecule has 0 saturated carbocycles. The fraction of sp³-hybridized carbons (Fsp3) is 0.880. The smallest absolute Gasteiger partial charge is 0.310 e. The molecule has 0 aliphatic rings. The zero-order chi connectivity index (χ0) is 39.1. The Kier molecular flexibility index (Phi) is 46.2. The van der Waals surface area contributed by atoms with Gasteiger partial charge in [0.05, 0.1) is 12.5 Å². The van der Waals surface area contributed by atoms with E-state index in [4.69, 9.17) is 9.47 Å². The van der Waals surface area contributed by atoms with Gasteiger partial charge in [-0.1, -0.05) is 232 Å². The molecule has 0 saturated heterocycles. The molecule has 4 heteroatoms. The lowest BCUT2D eigenvalue weighted by Gasteiger charge is -2.03. The van der Waals surface area contributed by atoms with Crippen molar-refractivity contribution in [2.75, 3.05) is 0 Å². The number of carbonyl (C=O) groups excluding carboxylic acids is 2. The van der Waals surface area contributed by atoms with Crippen molar-refractivity contribution in [2.24, 2.45) is 0 Å². The predicted octanol–water partition coefficient (Wildman–Crippen LogP) is 17.5. The Morgan fingerprint density at radius 2 is 0.500 bits per heavy atom. The van der Waals surface area contributed by atoms with Crippen LogP contribution in [0.15, 0.2) is 24.7 Å². The summed E-state index contributed by atoms with van der Waals surface area (Å²) < 4.78 is 10.5. The van der Waals surface area contributed by atoms with Gasteiger partial charge in [0.25, 0.3) is 0 Å². The van der Waals surface area contributed by atoms with Crippen molar-refractivity contribution in [1.29, 1.82) is 0 Å². The van der Waals surface area contributed by atoms with E-state index in [2.05, 4.69) is 13.8 Å². The number of rotatable bonds is 45. The van der Waals surface area contributed by atoms with Gasteiger partial charge >= 0.3 is 11.9 Å². The summed E-state index contributed by atoms with van der Waals surface area (Å²) in [7, 11) is 0. The number of hydrogen-bond donors (Lipinski definition) is 0. The van der Waals surface area contributed by atoms with Gasteiger partial charge in [0, 0.05) is 12.8 Å². The van der Waals surface area contributed by atoms with Gasteiger partial charge < -0.3 is 9.47 Å². The van der Waals surface area contributed by atoms with E-state index in [1.54, 1.807) is 12.5 Å². The summed E-state index contributed by atoms with van der Waals surface area (Å²) in [5, 5.41) is 0. The zero-order valence-electron chi connectivity index (χ0n) is 36.6. The summed E-state index contributed by atoms with van der Waals surface area (Å²) in [5.41, 5.74) is 0. The summed E-state index contributed by atoms with van der Waals surface area (Å²) in [6.45, 7) is 4.58. The molecular formula is C50H94O4. The van der Waals surface area contributed by atoms with Crippen LogP contribution in [0.1, 0.15) is 284 Å². The van der Waals surface area contributed by atoms with E-state index in [0.717, 1.165) is 51.4 Å². The van der Waals surface area contributed by atoms with Crippen molar-refractivity contribution in [3.63, 3.8) is 0 Å². The number of ether oxygens (including phenoxy) is 2. The number of allylic oxidation sites excluding steroid dienone is 2. The first-order valence-electron chi connectivity index (χ1n) is 24.4. The molecule has 54 heavy (non-hydrogen) atoms. The van der Waals surface area contributed by atoms with Gasteiger partial charge in [-0.05, 0) is 50.7 Å². The topological polar surface area (TPSA) is 52.6 Å². The molecule has 0 unspecified atom stereocenters. The molecule has 318 valence electrons. The van der Waals surface area contributed by atoms with E-state index in [0.29, 0.717) is 12.8 Å². The average Bonchev–Trinajstić information content (AvgIpc) is 3.17. The first-order chi connectivity index (χ1) is 26.7. The molecule has 0 amide bonds. The second-order valence-electron chi connectivity index (χ2n) is 16.5. The summed E-state index contributed by atoms with van der Waals surface area (Å²) in [6, 6.07) is 0. The van der Waals surface area contributed by atoms with Crippen LogP contribution in [0.25, 0.3) is 0 Å². The van der Waals surface area contributed by atoms with Gasteiger partial charge in [-0.2, -0.15) is 0 Å². The molecule has 0 fully saturated rings. The lowest BCUT2D eigenvalue weighted by atomic mass is 10.0. The number of hydrogen-bond acceptors (Lipinski definition) is 4. The number of esters is 2. The van der Waals surface area contributed by atoms with Crippen molar-refractivity contribution in [2.45, 2.75) is 284 Å². The third-order valence-corrected chi connectivity index (χ3v) is 11.1. The molecule has 0 heterocycles. The van der Waals surface area contributed by atoms with E-state index in [9.17, 15) is 9.59 Å². The highest BCUT2D eigenvalue weighted by atomic mass is 16.5. The quantitative estimate of drug-likeness (QED) is 0.0352. The fourth-order valence-electron chi connectivity index (χ4n) is 7.37. The molecule has 0 radical (unpaired) electrons. The lowest BCUT2D eigenvalue weighted by molar-refractivity contribution is -0.139. The monoisotopic (exact) mass is 759 g/mol. The minimum Gasteiger partial charge on any atom is -0.435 e. The molecule has 0 spiro atoms. The maximum atomic E-state index is 12.0. The molecule has 0 aliphatic carbocycles. The minimum absolute atomic E-state index is 0.121. The van der Waals surface area contributed by atoms with E-state index in [-0.39, 0.29) is 11.9 Å². The Bertz CT molecular complexity index is 736. The third-order valence-electron chi connectivity index (χ3n) is 11.1. The number of unbranched alkanes of at least 4 members (excludes halogenated alkanes) is 37. The average molecular weight is 759 g/mol. The molecule has 0 rings (SSSR count). The highest BCUT2D eigenvalue weighted by Gasteiger charge is 2.03. The van der Waals surface area contributed by atoms with Gasteiger partial charge in [0.1, 0.15) is 0 Å². The first-order valence-corrected chi connectivity index (χ1v) is 24.4. The fourth-order valence-corrected chi connectivity index (χ4v) is 7.37. The summed E-state index contributed by atoms with van der Waals surface area (Å²) in [6.07, 6.45) is 60.5. The summed E-state index contributed by atoms with van der Waals surface area (Å²) in [5.74, 6) is -0.243. The van der Waals surface area contributed by atoms with E-state index < -0.39 is 0 Å². The molecule has 0 aromatic carbocycles. The molecule has 0 aromatic rings. The molecule has 0 N–H and O–H groups in total. The van der Waals surface area contributed by atoms with Crippen LogP contribution < -0.4 is 0 Å². The van der Waals surface area contributed by atoms with Gasteiger partial charge in [-0.25, -0.2) is 0 Å². The molecule has 0 bridgehead atoms. The highest BCUT2D eigenvalue weighted by molar-refractivity contribution is 5.70. The predicted molar refractivity (Wildman–Crippen MR) is 236 cm³/mol. The highest BCUT2D eigenvalue weighted by Crippen LogP contribution is 2.16. The van der Waals surface area contributed by atoms with Gasteiger partial charge in [-0.3, -0.25) is 9.59 Å². The Balaban J connectivity index is 3.32. The van der Waals surface area contributed by atoms with E-state index in [1.165, 1.54) is 205 Å². The Labute approximate surface area is 338 Å². The van der Waals surface area contributed by atoms with Crippen LogP contribution in [0.5, 0.6) is 0 Å². The van der Waals surface area contributed by atoms with Crippen LogP contribution in [0.2, 0.25) is 0 Å². The van der Waals surface area contributed by atoms with Crippen LogP contribution in [0, 0.1) is 0 Å². The Hall–Kier alpha value is -1.58. The van der Waals surface area contributed by atoms with Gasteiger partial charge in [0.2, 0.25) is 0 Å². The van der Waals surface area contributed by atoms with Crippen LogP contribution in [-0.4, -0.2) is 11.9 Å². The normalized spacial score (nSPS) is 11.7. The molecule has 0 atom stereocenters. The zero-order valence-corrected chi connectivity index (χ0v) is 36.6. The van der Waals surface area contributed by atoms with E-state index >= 15 is 0 Å². The van der Waals surface area contributed by atoms with Gasteiger partial charge in [-0.15, -0.1) is 0 Å². The Morgan fingerprint density at radius 3 is 0.741 bits per heavy atom. The van der Waals surface area contributed by atoms with Crippen LogP contribution in [0.3, 0.4) is 0 Å². The van der Waals surface area contributed by atoms with Crippen molar-refractivity contribution in [3.8, 4) is 0 Å². The summed E-state index contributed by atoms with van der Waals surface area (Å²) >= 11 is 0. The molecule has 4 nitrogen and oxygen atoms in total. The molecular weight excluding hydrogens is 665 g/mol. The van der Waals surface area contributed by atoms with Crippen LogP contribution in [0.4, 0.5) is 0 Å². The molecule has 0 aromatic heterocycles. The Morgan fingerprint density at radius 1 is 0.296 bits per heavy atom. The maximum absolute atomic E-state index is 12.0. The largest absolute Gasteiger partial charge is 0.435 e. The van der Waals surface area contributed by atoms with E-state index in [1.807, 2.05) is 12.2 Å². The number of carbonyl (C=O) groups is 2. The van der Waals surface area contributed by atoms with Crippen LogP contribution in [-0.2, 0) is 19.1 Å². The summed E-state index contributed by atoms with van der Waals surface area (Å²) in [4.78, 5) is 24.0. The standard InChI is InChI=1S/C50H94O4/c1-3-5-7-9-11-13-15-17-19-21-23-25-27-29-31-35-39-43-47-53-49(51)45-41-37-33-34-38-42-46-50(52)54-48-44-40-36-32-30-28-26-24-22-20-18-16-14-12-10-8-6-4-2/h43-44,47-48H,3-42,45-46H2,1-2H3. The van der Waals surface area contributed by atoms with Crippen molar-refractivity contribution in [1.82, 2.24) is 0 Å². The maximum Gasteiger partial charge on any atom is 0.310 e. The first kappa shape index (κ1) is 52.4. The van der Waals surface area contributed by atoms with Crippen LogP contribution >= 0.6 is 0 Å². The van der Waals surface area contributed by atoms with Crippen molar-refractivity contribution < 1.29 is 19.1 Å². The molecule has 0 aliphatic heterocycles. The second kappa shape index (κ2) is 47.6. The SMILES string of the molecule is CCCCCCCCCCCCCCCCCCC=COC(=O)CCCCCCCCC(=O)OC=CCCCCCCCCCCCCCCCCCC.